The number of unbranched alkanes of at least 4 members (excludes halogenated alkanes) is 1. The summed E-state index contributed by atoms with van der Waals surface area (Å²) in [5.41, 5.74) is 0. The Morgan fingerprint density at radius 3 is 3.05 bits per heavy atom. The molecule has 1 aliphatic heterocycles. The van der Waals surface area contributed by atoms with Crippen LogP contribution < -0.4 is 0 Å². The van der Waals surface area contributed by atoms with Gasteiger partial charge in [-0.1, -0.05) is 0 Å². The number of amides is 1. The number of halogens is 1. The molecule has 0 bridgehead atoms. The average molecular weight is 285 g/mol. The lowest BCUT2D eigenvalue weighted by molar-refractivity contribution is -0.132. The minimum absolute atomic E-state index is 0.247. The maximum atomic E-state index is 12.1. The van der Waals surface area contributed by atoms with Gasteiger partial charge < -0.3 is 9.47 Å². The number of aryl methyl sites for hydroxylation is 1. The second-order valence-corrected chi connectivity index (χ2v) is 5.50. The summed E-state index contributed by atoms with van der Waals surface area (Å²) in [7, 11) is 1.95. The van der Waals surface area contributed by atoms with Crippen molar-refractivity contribution >= 4 is 17.5 Å². The zero-order chi connectivity index (χ0) is 13.7. The third-order valence-corrected chi connectivity index (χ3v) is 3.93. The molecule has 0 N–H and O–H groups in total. The second-order valence-electron chi connectivity index (χ2n) is 5.13. The van der Waals surface area contributed by atoms with Crippen molar-refractivity contribution in [3.8, 4) is 0 Å². The molecule has 19 heavy (non-hydrogen) atoms. The van der Waals surface area contributed by atoms with Crippen LogP contribution in [0.5, 0.6) is 0 Å². The van der Waals surface area contributed by atoms with Gasteiger partial charge in [0.05, 0.1) is 0 Å². The van der Waals surface area contributed by atoms with Crippen LogP contribution in [0.2, 0.25) is 0 Å². The minimum Gasteiger partial charge on any atom is -0.342 e. The van der Waals surface area contributed by atoms with Gasteiger partial charge in [-0.05, 0) is 25.7 Å². The Morgan fingerprint density at radius 2 is 2.37 bits per heavy atom. The highest BCUT2D eigenvalue weighted by Gasteiger charge is 2.26. The van der Waals surface area contributed by atoms with Gasteiger partial charge in [0.15, 0.2) is 0 Å². The number of piperidine rings is 1. The van der Waals surface area contributed by atoms with Crippen LogP contribution in [-0.4, -0.2) is 44.5 Å². The molecule has 1 amide bonds. The fourth-order valence-electron chi connectivity index (χ4n) is 2.61. The number of hydrogen-bond donors (Lipinski definition) is 0. The number of carbonyl (C=O) groups excluding carboxylic acids is 1. The lowest BCUT2D eigenvalue weighted by Crippen LogP contribution is -2.39. The lowest BCUT2D eigenvalue weighted by atomic mass is 9.96. The number of aromatic nitrogens is 3. The molecule has 1 unspecified atom stereocenters. The van der Waals surface area contributed by atoms with Crippen molar-refractivity contribution in [1.82, 2.24) is 19.7 Å². The van der Waals surface area contributed by atoms with E-state index in [1.165, 1.54) is 0 Å². The smallest absolute Gasteiger partial charge is 0.222 e. The predicted octanol–water partition coefficient (Wildman–Crippen LogP) is 1.93. The Hall–Kier alpha value is -1.10. The number of alkyl halides is 1. The summed E-state index contributed by atoms with van der Waals surface area (Å²) in [6, 6.07) is 0. The van der Waals surface area contributed by atoms with Gasteiger partial charge in [0.1, 0.15) is 12.2 Å². The van der Waals surface area contributed by atoms with Crippen LogP contribution in [0.4, 0.5) is 0 Å². The Morgan fingerprint density at radius 1 is 1.53 bits per heavy atom. The maximum Gasteiger partial charge on any atom is 0.222 e. The third-order valence-electron chi connectivity index (χ3n) is 3.66. The van der Waals surface area contributed by atoms with Crippen molar-refractivity contribution in [2.45, 2.75) is 38.0 Å². The molecule has 2 rings (SSSR count). The summed E-state index contributed by atoms with van der Waals surface area (Å²) in [4.78, 5) is 14.1. The maximum absolute atomic E-state index is 12.1. The van der Waals surface area contributed by atoms with E-state index in [2.05, 4.69) is 10.2 Å². The Labute approximate surface area is 118 Å². The van der Waals surface area contributed by atoms with Gasteiger partial charge in [0.25, 0.3) is 0 Å². The van der Waals surface area contributed by atoms with Gasteiger partial charge >= 0.3 is 0 Å². The van der Waals surface area contributed by atoms with Crippen molar-refractivity contribution in [2.24, 2.45) is 7.05 Å². The molecule has 0 saturated carbocycles. The van der Waals surface area contributed by atoms with Crippen molar-refractivity contribution < 1.29 is 4.79 Å². The third kappa shape index (κ3) is 3.69. The van der Waals surface area contributed by atoms with Gasteiger partial charge in [-0.25, -0.2) is 0 Å². The molecule has 0 aliphatic carbocycles. The highest BCUT2D eigenvalue weighted by Crippen LogP contribution is 2.25. The fraction of sp³-hybridized carbons (Fsp3) is 0.769. The van der Waals surface area contributed by atoms with Crippen LogP contribution in [0.15, 0.2) is 6.33 Å². The highest BCUT2D eigenvalue weighted by molar-refractivity contribution is 6.17. The number of nitrogens with zero attached hydrogens (tertiary/aromatic N) is 4. The summed E-state index contributed by atoms with van der Waals surface area (Å²) in [5.74, 6) is 2.18. The number of carbonyl (C=O) groups is 1. The molecule has 1 atom stereocenters. The first-order valence-corrected chi connectivity index (χ1v) is 7.43. The van der Waals surface area contributed by atoms with E-state index in [9.17, 15) is 4.79 Å². The zero-order valence-corrected chi connectivity index (χ0v) is 12.1. The first kappa shape index (κ1) is 14.3. The first-order valence-electron chi connectivity index (χ1n) is 6.90. The first-order chi connectivity index (χ1) is 9.22. The van der Waals surface area contributed by atoms with Gasteiger partial charge in [-0.15, -0.1) is 21.8 Å². The molecule has 0 radical (unpaired) electrons. The summed E-state index contributed by atoms with van der Waals surface area (Å²) in [6.07, 6.45) is 6.24. The number of likely N-dealkylation sites (tertiary alicyclic amines) is 1. The van der Waals surface area contributed by atoms with E-state index in [1.54, 1.807) is 6.33 Å². The summed E-state index contributed by atoms with van der Waals surface area (Å²) in [6.45, 7) is 1.64. The van der Waals surface area contributed by atoms with Crippen LogP contribution in [0.25, 0.3) is 0 Å². The molecule has 1 fully saturated rings. The van der Waals surface area contributed by atoms with Crippen LogP contribution in [0.1, 0.15) is 43.8 Å². The van der Waals surface area contributed by atoms with E-state index >= 15 is 0 Å². The molecule has 2 heterocycles. The zero-order valence-electron chi connectivity index (χ0n) is 11.4. The molecule has 1 aliphatic rings. The largest absolute Gasteiger partial charge is 0.342 e. The van der Waals surface area contributed by atoms with E-state index in [0.717, 1.165) is 44.6 Å². The topological polar surface area (TPSA) is 51.0 Å². The molecule has 1 aromatic rings. The summed E-state index contributed by atoms with van der Waals surface area (Å²) < 4.78 is 1.95. The van der Waals surface area contributed by atoms with Gasteiger partial charge in [0, 0.05) is 38.4 Å². The average Bonchev–Trinajstić information content (AvgIpc) is 2.85. The van der Waals surface area contributed by atoms with E-state index in [4.69, 9.17) is 11.6 Å². The number of hydrogen-bond acceptors (Lipinski definition) is 3. The molecule has 0 spiro atoms. The van der Waals surface area contributed by atoms with Crippen LogP contribution in [0, 0.1) is 0 Å². The molecule has 5 nitrogen and oxygen atoms in total. The molecule has 1 saturated heterocycles. The van der Waals surface area contributed by atoms with Gasteiger partial charge in [-0.3, -0.25) is 4.79 Å². The summed E-state index contributed by atoms with van der Waals surface area (Å²) >= 11 is 5.64. The van der Waals surface area contributed by atoms with E-state index < -0.39 is 0 Å². The Bertz CT molecular complexity index is 421. The minimum atomic E-state index is 0.247. The standard InChI is InChI=1S/C13H21ClN4O/c1-17-10-15-16-13(17)11-5-4-8-18(9-11)12(19)6-2-3-7-14/h10-11H,2-9H2,1H3. The van der Waals surface area contributed by atoms with Crippen molar-refractivity contribution in [1.29, 1.82) is 0 Å². The lowest BCUT2D eigenvalue weighted by Gasteiger charge is -2.32. The predicted molar refractivity (Wildman–Crippen MR) is 74.1 cm³/mol. The molecular weight excluding hydrogens is 264 g/mol. The van der Waals surface area contributed by atoms with Gasteiger partial charge in [-0.2, -0.15) is 0 Å². The Kier molecular flexibility index (Phi) is 5.19. The van der Waals surface area contributed by atoms with Crippen molar-refractivity contribution in [2.75, 3.05) is 19.0 Å². The summed E-state index contributed by atoms with van der Waals surface area (Å²) in [5, 5.41) is 8.09. The normalized spacial score (nSPS) is 19.7. The Balaban J connectivity index is 1.90. The molecule has 1 aromatic heterocycles. The van der Waals surface area contributed by atoms with E-state index in [-0.39, 0.29) is 5.91 Å². The van der Waals surface area contributed by atoms with E-state index in [1.807, 2.05) is 16.5 Å². The van der Waals surface area contributed by atoms with E-state index in [0.29, 0.717) is 18.2 Å². The molecular formula is C13H21ClN4O. The van der Waals surface area contributed by atoms with Gasteiger partial charge in [0.2, 0.25) is 5.91 Å². The fourth-order valence-corrected chi connectivity index (χ4v) is 2.79. The molecule has 0 aromatic carbocycles. The quantitative estimate of drug-likeness (QED) is 0.613. The van der Waals surface area contributed by atoms with Crippen molar-refractivity contribution in [3.63, 3.8) is 0 Å². The SMILES string of the molecule is Cn1cnnc1C1CCCN(C(=O)CCCCCl)C1. The van der Waals surface area contributed by atoms with Crippen LogP contribution >= 0.6 is 11.6 Å². The van der Waals surface area contributed by atoms with Crippen molar-refractivity contribution in [3.05, 3.63) is 12.2 Å². The second kappa shape index (κ2) is 6.89. The molecule has 106 valence electrons. The van der Waals surface area contributed by atoms with Crippen LogP contribution in [-0.2, 0) is 11.8 Å². The number of rotatable bonds is 5. The van der Waals surface area contributed by atoms with Crippen LogP contribution in [0.3, 0.4) is 0 Å². The molecule has 6 heteroatoms. The monoisotopic (exact) mass is 284 g/mol. The highest BCUT2D eigenvalue weighted by atomic mass is 35.5.